The summed E-state index contributed by atoms with van der Waals surface area (Å²) >= 11 is 0. The van der Waals surface area contributed by atoms with Crippen molar-refractivity contribution in [1.82, 2.24) is 0 Å². The number of nitrogens with one attached hydrogen (secondary N) is 1. The summed E-state index contributed by atoms with van der Waals surface area (Å²) < 4.78 is 5.15. The summed E-state index contributed by atoms with van der Waals surface area (Å²) in [5.41, 5.74) is 2.91. The Morgan fingerprint density at radius 3 is 2.76 bits per heavy atom. The van der Waals surface area contributed by atoms with E-state index >= 15 is 0 Å². The Bertz CT molecular complexity index is 647. The van der Waals surface area contributed by atoms with Crippen LogP contribution in [0, 0.1) is 0 Å². The summed E-state index contributed by atoms with van der Waals surface area (Å²) in [7, 11) is 1.62. The van der Waals surface area contributed by atoms with Crippen molar-refractivity contribution in [3.63, 3.8) is 0 Å². The van der Waals surface area contributed by atoms with Gasteiger partial charge >= 0.3 is 0 Å². The monoisotopic (exact) mass is 281 g/mol. The number of carbonyl (C=O) groups excluding carboxylic acids is 1. The van der Waals surface area contributed by atoms with Gasteiger partial charge in [0.25, 0.3) is 0 Å². The molecule has 0 aliphatic rings. The summed E-state index contributed by atoms with van der Waals surface area (Å²) in [5, 5.41) is 2.90. The van der Waals surface area contributed by atoms with Gasteiger partial charge in [0.1, 0.15) is 5.75 Å². The molecule has 21 heavy (non-hydrogen) atoms. The molecule has 0 aliphatic carbocycles. The predicted octanol–water partition coefficient (Wildman–Crippen LogP) is 3.91. The number of hydrogen-bond acceptors (Lipinski definition) is 2. The third-order valence-electron chi connectivity index (χ3n) is 3.18. The molecule has 0 aromatic heterocycles. The molecule has 2 aromatic rings. The van der Waals surface area contributed by atoms with Gasteiger partial charge in [-0.15, -0.1) is 0 Å². The average Bonchev–Trinajstić information content (AvgIpc) is 2.53. The van der Waals surface area contributed by atoms with Crippen molar-refractivity contribution in [3.05, 3.63) is 65.7 Å². The molecule has 0 spiro atoms. The van der Waals surface area contributed by atoms with E-state index in [0.717, 1.165) is 29.0 Å². The normalized spacial score (nSPS) is 10.6. The van der Waals surface area contributed by atoms with E-state index in [1.165, 1.54) is 6.08 Å². The number of benzene rings is 2. The summed E-state index contributed by atoms with van der Waals surface area (Å²) in [4.78, 5) is 12.0. The van der Waals surface area contributed by atoms with Gasteiger partial charge in [-0.1, -0.05) is 37.3 Å². The van der Waals surface area contributed by atoms with Crippen molar-refractivity contribution < 1.29 is 9.53 Å². The summed E-state index contributed by atoms with van der Waals surface area (Å²) in [6.07, 6.45) is 4.18. The first kappa shape index (κ1) is 14.9. The highest BCUT2D eigenvalue weighted by atomic mass is 16.5. The minimum absolute atomic E-state index is 0.140. The first-order valence-corrected chi connectivity index (χ1v) is 6.94. The molecule has 2 aromatic carbocycles. The van der Waals surface area contributed by atoms with Crippen LogP contribution in [0.2, 0.25) is 0 Å². The highest BCUT2D eigenvalue weighted by molar-refractivity contribution is 6.02. The van der Waals surface area contributed by atoms with Gasteiger partial charge in [0.2, 0.25) is 5.91 Å². The average molecular weight is 281 g/mol. The molecule has 0 saturated heterocycles. The zero-order valence-corrected chi connectivity index (χ0v) is 12.3. The van der Waals surface area contributed by atoms with E-state index in [1.807, 2.05) is 48.5 Å². The van der Waals surface area contributed by atoms with Crippen LogP contribution in [0.25, 0.3) is 6.08 Å². The van der Waals surface area contributed by atoms with Gasteiger partial charge in [-0.05, 0) is 41.8 Å². The highest BCUT2D eigenvalue weighted by Crippen LogP contribution is 2.16. The number of ether oxygens (including phenoxy) is 1. The Balaban J connectivity index is 2.05. The van der Waals surface area contributed by atoms with Crippen molar-refractivity contribution in [1.29, 1.82) is 0 Å². The zero-order chi connectivity index (χ0) is 15.1. The summed E-state index contributed by atoms with van der Waals surface area (Å²) in [6, 6.07) is 15.4. The van der Waals surface area contributed by atoms with Crippen LogP contribution in [0.1, 0.15) is 18.1 Å². The molecular formula is C18H19NO2. The quantitative estimate of drug-likeness (QED) is 0.844. The molecular weight excluding hydrogens is 262 g/mol. The maximum absolute atomic E-state index is 12.0. The Hall–Kier alpha value is -2.55. The van der Waals surface area contributed by atoms with Gasteiger partial charge in [0.05, 0.1) is 7.11 Å². The molecule has 0 heterocycles. The Labute approximate surface area is 125 Å². The molecule has 3 heteroatoms. The summed E-state index contributed by atoms with van der Waals surface area (Å²) in [6.45, 7) is 2.07. The molecule has 1 amide bonds. The van der Waals surface area contributed by atoms with E-state index in [0.29, 0.717) is 0 Å². The highest BCUT2D eigenvalue weighted by Gasteiger charge is 2.02. The third-order valence-corrected chi connectivity index (χ3v) is 3.18. The van der Waals surface area contributed by atoms with Crippen molar-refractivity contribution in [2.75, 3.05) is 12.4 Å². The van der Waals surface area contributed by atoms with E-state index < -0.39 is 0 Å². The van der Waals surface area contributed by atoms with Crippen molar-refractivity contribution in [2.24, 2.45) is 0 Å². The lowest BCUT2D eigenvalue weighted by atomic mass is 10.1. The molecule has 0 saturated carbocycles. The van der Waals surface area contributed by atoms with E-state index in [2.05, 4.69) is 12.2 Å². The fourth-order valence-corrected chi connectivity index (χ4v) is 2.04. The fourth-order valence-electron chi connectivity index (χ4n) is 2.04. The maximum Gasteiger partial charge on any atom is 0.248 e. The van der Waals surface area contributed by atoms with Gasteiger partial charge in [-0.3, -0.25) is 4.79 Å². The number of rotatable bonds is 5. The molecule has 2 rings (SSSR count). The molecule has 1 N–H and O–H groups in total. The topological polar surface area (TPSA) is 38.3 Å². The molecule has 3 nitrogen and oxygen atoms in total. The molecule has 0 fully saturated rings. The molecule has 108 valence electrons. The minimum Gasteiger partial charge on any atom is -0.497 e. The van der Waals surface area contributed by atoms with Crippen LogP contribution >= 0.6 is 0 Å². The number of carbonyl (C=O) groups is 1. The van der Waals surface area contributed by atoms with E-state index in [9.17, 15) is 4.79 Å². The lowest BCUT2D eigenvalue weighted by Gasteiger charge is -2.07. The van der Waals surface area contributed by atoms with Crippen LogP contribution in [0.5, 0.6) is 5.75 Å². The van der Waals surface area contributed by atoms with Crippen molar-refractivity contribution in [2.45, 2.75) is 13.3 Å². The number of amides is 1. The van der Waals surface area contributed by atoms with E-state index in [-0.39, 0.29) is 5.91 Å². The second-order valence-electron chi connectivity index (χ2n) is 4.61. The number of para-hydroxylation sites is 1. The first-order valence-electron chi connectivity index (χ1n) is 6.94. The fraction of sp³-hybridized carbons (Fsp3) is 0.167. The zero-order valence-electron chi connectivity index (χ0n) is 12.3. The van der Waals surface area contributed by atoms with Gasteiger partial charge < -0.3 is 10.1 Å². The first-order chi connectivity index (χ1) is 10.2. The largest absolute Gasteiger partial charge is 0.497 e. The SMILES string of the molecule is CCc1ccccc1NC(=O)C=Cc1cccc(OC)c1. The number of methoxy groups -OCH3 is 1. The van der Waals surface area contributed by atoms with Crippen LogP contribution in [-0.4, -0.2) is 13.0 Å². The van der Waals surface area contributed by atoms with Crippen LogP contribution in [-0.2, 0) is 11.2 Å². The Kier molecular flexibility index (Phi) is 5.16. The smallest absolute Gasteiger partial charge is 0.248 e. The van der Waals surface area contributed by atoms with Gasteiger partial charge in [0, 0.05) is 11.8 Å². The Morgan fingerprint density at radius 2 is 2.00 bits per heavy atom. The van der Waals surface area contributed by atoms with Crippen molar-refractivity contribution >= 4 is 17.7 Å². The standard InChI is InChI=1S/C18H19NO2/c1-3-15-8-4-5-10-17(15)19-18(20)12-11-14-7-6-9-16(13-14)21-2/h4-13H,3H2,1-2H3,(H,19,20). The number of aryl methyl sites for hydroxylation is 1. The van der Waals surface area contributed by atoms with Gasteiger partial charge in [-0.25, -0.2) is 0 Å². The predicted molar refractivity (Wildman–Crippen MR) is 86.5 cm³/mol. The van der Waals surface area contributed by atoms with E-state index in [4.69, 9.17) is 4.74 Å². The molecule has 0 radical (unpaired) electrons. The van der Waals surface area contributed by atoms with Crippen molar-refractivity contribution in [3.8, 4) is 5.75 Å². The summed E-state index contributed by atoms with van der Waals surface area (Å²) in [5.74, 6) is 0.632. The molecule has 0 unspecified atom stereocenters. The second-order valence-corrected chi connectivity index (χ2v) is 4.61. The lowest BCUT2D eigenvalue weighted by molar-refractivity contribution is -0.111. The molecule has 0 atom stereocenters. The second kappa shape index (κ2) is 7.29. The van der Waals surface area contributed by atoms with Crippen LogP contribution in [0.3, 0.4) is 0 Å². The van der Waals surface area contributed by atoms with Crippen LogP contribution in [0.15, 0.2) is 54.6 Å². The van der Waals surface area contributed by atoms with Gasteiger partial charge in [-0.2, -0.15) is 0 Å². The molecule has 0 aliphatic heterocycles. The molecule has 0 bridgehead atoms. The van der Waals surface area contributed by atoms with Gasteiger partial charge in [0.15, 0.2) is 0 Å². The van der Waals surface area contributed by atoms with Crippen LogP contribution < -0.4 is 10.1 Å². The number of anilines is 1. The minimum atomic E-state index is -0.140. The van der Waals surface area contributed by atoms with E-state index in [1.54, 1.807) is 13.2 Å². The lowest BCUT2D eigenvalue weighted by Crippen LogP contribution is -2.09. The van der Waals surface area contributed by atoms with Crippen LogP contribution in [0.4, 0.5) is 5.69 Å². The number of hydrogen-bond donors (Lipinski definition) is 1. The third kappa shape index (κ3) is 4.21. The maximum atomic E-state index is 12.0. The Morgan fingerprint density at radius 1 is 1.19 bits per heavy atom.